The monoisotopic (exact) mass is 539 g/mol. The molecule has 1 aromatic heterocycles. The minimum absolute atomic E-state index is 0. The number of guanidine groups is 1. The van der Waals surface area contributed by atoms with Gasteiger partial charge in [-0.05, 0) is 37.5 Å². The van der Waals surface area contributed by atoms with Crippen LogP contribution in [0, 0.1) is 0 Å². The highest BCUT2D eigenvalue weighted by atomic mass is 127. The zero-order chi connectivity index (χ0) is 21.5. The molecule has 3 rings (SSSR count). The summed E-state index contributed by atoms with van der Waals surface area (Å²) in [7, 11) is 4.00. The summed E-state index contributed by atoms with van der Waals surface area (Å²) in [6.07, 6.45) is 1.92. The minimum atomic E-state index is -0.266. The predicted molar refractivity (Wildman–Crippen MR) is 138 cm³/mol. The average molecular weight is 539 g/mol. The highest BCUT2D eigenvalue weighted by molar-refractivity contribution is 14.0. The lowest BCUT2D eigenvalue weighted by atomic mass is 10.1. The summed E-state index contributed by atoms with van der Waals surface area (Å²) in [5, 5.41) is 8.04. The van der Waals surface area contributed by atoms with Gasteiger partial charge < -0.3 is 21.3 Å². The molecular formula is C22H34IN7O. The lowest BCUT2D eigenvalue weighted by molar-refractivity contribution is -0.119. The first kappa shape index (κ1) is 25.1. The van der Waals surface area contributed by atoms with Crippen molar-refractivity contribution in [1.82, 2.24) is 20.5 Å². The van der Waals surface area contributed by atoms with Crippen molar-refractivity contribution >= 4 is 52.6 Å². The second-order valence-electron chi connectivity index (χ2n) is 7.91. The third-order valence-electron chi connectivity index (χ3n) is 5.31. The number of para-hydroxylation sites is 1. The number of pyridine rings is 1. The average Bonchev–Trinajstić information content (AvgIpc) is 2.72. The Hall–Kier alpha value is -2.14. The van der Waals surface area contributed by atoms with Crippen LogP contribution >= 0.6 is 24.0 Å². The van der Waals surface area contributed by atoms with Crippen LogP contribution < -0.4 is 21.3 Å². The first-order valence-corrected chi connectivity index (χ1v) is 10.6. The number of hydrogen-bond acceptors (Lipinski definition) is 5. The van der Waals surface area contributed by atoms with E-state index in [0.29, 0.717) is 19.1 Å². The van der Waals surface area contributed by atoms with Gasteiger partial charge in [0.05, 0.1) is 18.6 Å². The van der Waals surface area contributed by atoms with Gasteiger partial charge >= 0.3 is 0 Å². The number of nitrogens with one attached hydrogen (secondary N) is 2. The van der Waals surface area contributed by atoms with Gasteiger partial charge in [-0.1, -0.05) is 18.2 Å². The Morgan fingerprint density at radius 2 is 2.00 bits per heavy atom. The topological polar surface area (TPSA) is 98.9 Å². The molecule has 0 spiro atoms. The van der Waals surface area contributed by atoms with E-state index in [9.17, 15) is 4.79 Å². The third-order valence-corrected chi connectivity index (χ3v) is 5.31. The van der Waals surface area contributed by atoms with Crippen molar-refractivity contribution < 1.29 is 4.79 Å². The van der Waals surface area contributed by atoms with Crippen molar-refractivity contribution in [2.24, 2.45) is 10.7 Å². The van der Waals surface area contributed by atoms with E-state index in [1.807, 2.05) is 37.2 Å². The molecule has 0 atom stereocenters. The van der Waals surface area contributed by atoms with Crippen LogP contribution in [0.4, 0.5) is 5.82 Å². The largest absolute Gasteiger partial charge is 0.369 e. The van der Waals surface area contributed by atoms with Gasteiger partial charge in [0.2, 0.25) is 5.91 Å². The number of amides is 1. The van der Waals surface area contributed by atoms with Gasteiger partial charge in [-0.3, -0.25) is 9.69 Å². The second-order valence-corrected chi connectivity index (χ2v) is 7.91. The summed E-state index contributed by atoms with van der Waals surface area (Å²) >= 11 is 0. The van der Waals surface area contributed by atoms with Gasteiger partial charge in [0, 0.05) is 45.2 Å². The summed E-state index contributed by atoms with van der Waals surface area (Å²) < 4.78 is 0. The maximum absolute atomic E-state index is 11.1. The molecular weight excluding hydrogens is 505 g/mol. The highest BCUT2D eigenvalue weighted by Gasteiger charge is 2.20. The fraction of sp³-hybridized carbons (Fsp3) is 0.500. The molecule has 2 aromatic rings. The van der Waals surface area contributed by atoms with E-state index < -0.39 is 0 Å². The normalized spacial score (nSPS) is 15.4. The Morgan fingerprint density at radius 1 is 1.29 bits per heavy atom. The number of likely N-dealkylation sites (tertiary alicyclic amines) is 1. The molecule has 1 aliphatic rings. The van der Waals surface area contributed by atoms with Gasteiger partial charge in [0.15, 0.2) is 5.96 Å². The molecule has 1 saturated heterocycles. The van der Waals surface area contributed by atoms with Crippen LogP contribution in [-0.2, 0) is 11.3 Å². The molecule has 9 heteroatoms. The Bertz CT molecular complexity index is 895. The van der Waals surface area contributed by atoms with Gasteiger partial charge in [0.1, 0.15) is 5.82 Å². The van der Waals surface area contributed by atoms with E-state index in [2.05, 4.69) is 34.6 Å². The number of fused-ring (bicyclic) bond motifs is 1. The number of anilines is 1. The van der Waals surface area contributed by atoms with E-state index in [0.717, 1.165) is 60.7 Å². The van der Waals surface area contributed by atoms with Crippen molar-refractivity contribution in [2.75, 3.05) is 45.2 Å². The quantitative estimate of drug-likeness (QED) is 0.283. The molecule has 0 bridgehead atoms. The molecule has 2 heterocycles. The number of carbonyl (C=O) groups is 1. The molecule has 0 radical (unpaired) electrons. The van der Waals surface area contributed by atoms with E-state index in [4.69, 9.17) is 15.7 Å². The zero-order valence-electron chi connectivity index (χ0n) is 18.6. The van der Waals surface area contributed by atoms with Crippen LogP contribution in [0.15, 0.2) is 35.3 Å². The molecule has 0 saturated carbocycles. The standard InChI is InChI=1S/C22H33N7O.HI/c1-4-24-22(26-17-9-11-29(12-10-17)15-20(23)30)25-14-16-13-21(28(2)3)27-19-8-6-5-7-18(16)19;/h5-8,13,17H,4,9-12,14-15H2,1-3H3,(H2,23,30)(H2,24,25,26);1H. The summed E-state index contributed by atoms with van der Waals surface area (Å²) in [5.74, 6) is 1.48. The van der Waals surface area contributed by atoms with Crippen molar-refractivity contribution in [3.05, 3.63) is 35.9 Å². The summed E-state index contributed by atoms with van der Waals surface area (Å²) in [5.41, 5.74) is 7.44. The highest BCUT2D eigenvalue weighted by Crippen LogP contribution is 2.22. The first-order valence-electron chi connectivity index (χ1n) is 10.6. The van der Waals surface area contributed by atoms with Gasteiger partial charge in [-0.2, -0.15) is 0 Å². The number of nitrogens with two attached hydrogens (primary N) is 1. The van der Waals surface area contributed by atoms with E-state index in [1.54, 1.807) is 0 Å². The summed E-state index contributed by atoms with van der Waals surface area (Å²) in [6, 6.07) is 10.6. The van der Waals surface area contributed by atoms with E-state index in [-0.39, 0.29) is 29.9 Å². The molecule has 1 amide bonds. The Labute approximate surface area is 201 Å². The van der Waals surface area contributed by atoms with Crippen LogP contribution in [0.5, 0.6) is 0 Å². The van der Waals surface area contributed by atoms with Crippen LogP contribution in [0.2, 0.25) is 0 Å². The fourth-order valence-electron chi connectivity index (χ4n) is 3.73. The number of hydrogen-bond donors (Lipinski definition) is 3. The molecule has 1 aliphatic heterocycles. The number of nitrogens with zero attached hydrogens (tertiary/aromatic N) is 4. The summed E-state index contributed by atoms with van der Waals surface area (Å²) in [4.78, 5) is 24.8. The number of halogens is 1. The molecule has 8 nitrogen and oxygen atoms in total. The molecule has 0 aliphatic carbocycles. The molecule has 4 N–H and O–H groups in total. The summed E-state index contributed by atoms with van der Waals surface area (Å²) in [6.45, 7) is 5.50. The number of carbonyl (C=O) groups excluding carboxylic acids is 1. The van der Waals surface area contributed by atoms with E-state index in [1.165, 1.54) is 0 Å². The van der Waals surface area contributed by atoms with Gasteiger partial charge in [-0.15, -0.1) is 24.0 Å². The third kappa shape index (κ3) is 7.20. The maximum atomic E-state index is 11.1. The van der Waals surface area contributed by atoms with E-state index >= 15 is 0 Å². The zero-order valence-corrected chi connectivity index (χ0v) is 20.9. The van der Waals surface area contributed by atoms with Gasteiger partial charge in [-0.25, -0.2) is 9.98 Å². The molecule has 1 fully saturated rings. The lowest BCUT2D eigenvalue weighted by Crippen LogP contribution is -2.49. The Kier molecular flexibility index (Phi) is 9.76. The minimum Gasteiger partial charge on any atom is -0.369 e. The molecule has 1 aromatic carbocycles. The molecule has 0 unspecified atom stereocenters. The second kappa shape index (κ2) is 12.0. The lowest BCUT2D eigenvalue weighted by Gasteiger charge is -2.32. The van der Waals surface area contributed by atoms with Crippen molar-refractivity contribution in [1.29, 1.82) is 0 Å². The Balaban J connectivity index is 0.00000341. The number of aromatic nitrogens is 1. The van der Waals surface area contributed by atoms with Crippen LogP contribution in [0.25, 0.3) is 10.9 Å². The number of primary amides is 1. The fourth-order valence-corrected chi connectivity index (χ4v) is 3.73. The van der Waals surface area contributed by atoms with Crippen LogP contribution in [-0.4, -0.2) is 68.1 Å². The number of rotatable bonds is 7. The Morgan fingerprint density at radius 3 is 2.65 bits per heavy atom. The number of piperidine rings is 1. The van der Waals surface area contributed by atoms with Crippen molar-refractivity contribution in [2.45, 2.75) is 32.4 Å². The predicted octanol–water partition coefficient (Wildman–Crippen LogP) is 1.92. The maximum Gasteiger partial charge on any atom is 0.231 e. The molecule has 170 valence electrons. The molecule has 31 heavy (non-hydrogen) atoms. The number of benzene rings is 1. The van der Waals surface area contributed by atoms with Gasteiger partial charge in [0.25, 0.3) is 0 Å². The first-order chi connectivity index (χ1) is 14.5. The SMILES string of the molecule is CCNC(=NCc1cc(N(C)C)nc2ccccc12)NC1CCN(CC(N)=O)CC1.I. The van der Waals surface area contributed by atoms with Crippen LogP contribution in [0.3, 0.4) is 0 Å². The van der Waals surface area contributed by atoms with Crippen molar-refractivity contribution in [3.8, 4) is 0 Å². The number of aliphatic imine (C=N–C) groups is 1. The van der Waals surface area contributed by atoms with Crippen molar-refractivity contribution in [3.63, 3.8) is 0 Å². The smallest absolute Gasteiger partial charge is 0.231 e. The van der Waals surface area contributed by atoms with Crippen LogP contribution in [0.1, 0.15) is 25.3 Å².